The van der Waals surface area contributed by atoms with Gasteiger partial charge in [0, 0.05) is 0 Å². The summed E-state index contributed by atoms with van der Waals surface area (Å²) in [5.41, 5.74) is 0. The number of ether oxygens (including phenoxy) is 3. The predicted molar refractivity (Wildman–Crippen MR) is 79.8 cm³/mol. The Bertz CT molecular complexity index is 435. The number of hydrogen-bond donors (Lipinski definition) is 0. The zero-order valence-corrected chi connectivity index (χ0v) is 14.0. The molecule has 0 bridgehead atoms. The summed E-state index contributed by atoms with van der Waals surface area (Å²) in [4.78, 5) is 11.4. The molecule has 0 spiro atoms. The minimum Gasteiger partial charge on any atom is -0.496 e. The van der Waals surface area contributed by atoms with Gasteiger partial charge in [-0.2, -0.15) is 0 Å². The van der Waals surface area contributed by atoms with Gasteiger partial charge in [0.1, 0.15) is 11.5 Å². The smallest absolute Gasteiger partial charge is 0.344 e. The van der Waals surface area contributed by atoms with E-state index in [0.29, 0.717) is 22.6 Å². The summed E-state index contributed by atoms with van der Waals surface area (Å²) in [6.45, 7) is 2.36. The van der Waals surface area contributed by atoms with Crippen LogP contribution in [0.25, 0.3) is 0 Å². The fourth-order valence-corrected chi connectivity index (χ4v) is 2.21. The Balaban J connectivity index is 2.53. The molecule has 0 fully saturated rings. The van der Waals surface area contributed by atoms with Gasteiger partial charge in [-0.15, -0.1) is 0 Å². The standard InChI is InChI=1S/C13H16Br2O4/c1-3-4-5-18-13(16)8-19-12-7-9(14)11(17-2)6-10(12)15/h6-7H,3-5,8H2,1-2H3. The van der Waals surface area contributed by atoms with Crippen LogP contribution >= 0.6 is 31.9 Å². The van der Waals surface area contributed by atoms with Crippen LogP contribution in [-0.2, 0) is 9.53 Å². The highest BCUT2D eigenvalue weighted by Gasteiger charge is 2.10. The molecular formula is C13H16Br2O4. The first-order valence-electron chi connectivity index (χ1n) is 5.90. The van der Waals surface area contributed by atoms with Crippen LogP contribution in [0, 0.1) is 0 Å². The van der Waals surface area contributed by atoms with Crippen molar-refractivity contribution >= 4 is 37.8 Å². The van der Waals surface area contributed by atoms with Crippen molar-refractivity contribution in [3.63, 3.8) is 0 Å². The van der Waals surface area contributed by atoms with E-state index in [9.17, 15) is 4.79 Å². The van der Waals surface area contributed by atoms with Crippen molar-refractivity contribution in [1.29, 1.82) is 0 Å². The molecule has 0 aliphatic heterocycles. The van der Waals surface area contributed by atoms with E-state index in [-0.39, 0.29) is 12.6 Å². The van der Waals surface area contributed by atoms with Crippen molar-refractivity contribution in [1.82, 2.24) is 0 Å². The number of rotatable bonds is 7. The number of hydrogen-bond acceptors (Lipinski definition) is 4. The SMILES string of the molecule is CCCCOC(=O)COc1cc(Br)c(OC)cc1Br. The molecule has 6 heteroatoms. The van der Waals surface area contributed by atoms with E-state index in [1.807, 2.05) is 6.92 Å². The fourth-order valence-electron chi connectivity index (χ4n) is 1.29. The molecule has 4 nitrogen and oxygen atoms in total. The van der Waals surface area contributed by atoms with E-state index < -0.39 is 0 Å². The third kappa shape index (κ3) is 5.40. The van der Waals surface area contributed by atoms with Crippen molar-refractivity contribution in [2.45, 2.75) is 19.8 Å². The van der Waals surface area contributed by atoms with E-state index in [1.165, 1.54) is 0 Å². The molecule has 0 aliphatic carbocycles. The predicted octanol–water partition coefficient (Wildman–Crippen LogP) is 3.94. The summed E-state index contributed by atoms with van der Waals surface area (Å²) in [6.07, 6.45) is 1.86. The molecule has 0 atom stereocenters. The lowest BCUT2D eigenvalue weighted by molar-refractivity contribution is -0.146. The van der Waals surface area contributed by atoms with Crippen LogP contribution in [0.5, 0.6) is 11.5 Å². The van der Waals surface area contributed by atoms with Gasteiger partial charge in [-0.1, -0.05) is 13.3 Å². The molecule has 0 radical (unpaired) electrons. The normalized spacial score (nSPS) is 10.1. The minimum absolute atomic E-state index is 0.110. The highest BCUT2D eigenvalue weighted by Crippen LogP contribution is 2.35. The highest BCUT2D eigenvalue weighted by molar-refractivity contribution is 9.11. The second-order valence-electron chi connectivity index (χ2n) is 3.78. The maximum absolute atomic E-state index is 11.4. The summed E-state index contributed by atoms with van der Waals surface area (Å²) in [5, 5.41) is 0. The number of carbonyl (C=O) groups excluding carboxylic acids is 1. The third-order valence-corrected chi connectivity index (χ3v) is 3.55. The first-order chi connectivity index (χ1) is 9.08. The van der Waals surface area contributed by atoms with Gasteiger partial charge in [0.25, 0.3) is 0 Å². The molecule has 1 rings (SSSR count). The maximum Gasteiger partial charge on any atom is 0.344 e. The van der Waals surface area contributed by atoms with Crippen LogP contribution in [0.2, 0.25) is 0 Å². The molecule has 1 aromatic carbocycles. The van der Waals surface area contributed by atoms with Gasteiger partial charge in [-0.05, 0) is 50.4 Å². The summed E-state index contributed by atoms with van der Waals surface area (Å²) < 4.78 is 17.0. The molecule has 0 N–H and O–H groups in total. The Morgan fingerprint density at radius 3 is 2.47 bits per heavy atom. The van der Waals surface area contributed by atoms with Crippen LogP contribution in [0.15, 0.2) is 21.1 Å². The first-order valence-corrected chi connectivity index (χ1v) is 7.48. The summed E-state index contributed by atoms with van der Waals surface area (Å²) >= 11 is 6.72. The Hall–Kier alpha value is -0.750. The van der Waals surface area contributed by atoms with Crippen LogP contribution in [0.3, 0.4) is 0 Å². The quantitative estimate of drug-likeness (QED) is 0.518. The average molecular weight is 396 g/mol. The molecule has 19 heavy (non-hydrogen) atoms. The van der Waals surface area contributed by atoms with Crippen molar-refractivity contribution in [3.8, 4) is 11.5 Å². The molecular weight excluding hydrogens is 380 g/mol. The summed E-state index contributed by atoms with van der Waals surface area (Å²) in [6, 6.07) is 3.50. The Labute approximate surface area is 129 Å². The number of benzene rings is 1. The molecule has 0 saturated carbocycles. The molecule has 0 aliphatic rings. The van der Waals surface area contributed by atoms with Crippen LogP contribution in [0.1, 0.15) is 19.8 Å². The molecule has 0 saturated heterocycles. The summed E-state index contributed by atoms with van der Waals surface area (Å²) in [5.74, 6) is 0.872. The topological polar surface area (TPSA) is 44.8 Å². The monoisotopic (exact) mass is 394 g/mol. The Morgan fingerprint density at radius 2 is 1.84 bits per heavy atom. The molecule has 0 aromatic heterocycles. The van der Waals surface area contributed by atoms with Crippen LogP contribution in [-0.4, -0.2) is 26.3 Å². The van der Waals surface area contributed by atoms with E-state index in [0.717, 1.165) is 17.3 Å². The molecule has 0 heterocycles. The number of halogens is 2. The minimum atomic E-state index is -0.368. The number of carbonyl (C=O) groups is 1. The number of esters is 1. The number of methoxy groups -OCH3 is 1. The van der Waals surface area contributed by atoms with Gasteiger partial charge in [0.15, 0.2) is 6.61 Å². The Morgan fingerprint density at radius 1 is 1.21 bits per heavy atom. The number of unbranched alkanes of at least 4 members (excludes halogenated alkanes) is 1. The second-order valence-corrected chi connectivity index (χ2v) is 5.49. The fraction of sp³-hybridized carbons (Fsp3) is 0.462. The maximum atomic E-state index is 11.4. The van der Waals surface area contributed by atoms with Crippen LogP contribution in [0.4, 0.5) is 0 Å². The van der Waals surface area contributed by atoms with Crippen molar-refractivity contribution in [3.05, 3.63) is 21.1 Å². The molecule has 106 valence electrons. The first kappa shape index (κ1) is 16.3. The molecule has 0 amide bonds. The van der Waals surface area contributed by atoms with E-state index >= 15 is 0 Å². The second kappa shape index (κ2) is 8.43. The lowest BCUT2D eigenvalue weighted by Gasteiger charge is -2.11. The van der Waals surface area contributed by atoms with E-state index in [2.05, 4.69) is 31.9 Å². The van der Waals surface area contributed by atoms with Gasteiger partial charge in [-0.25, -0.2) is 4.79 Å². The summed E-state index contributed by atoms with van der Waals surface area (Å²) in [7, 11) is 1.58. The van der Waals surface area contributed by atoms with Crippen molar-refractivity contribution in [2.24, 2.45) is 0 Å². The van der Waals surface area contributed by atoms with Crippen LogP contribution < -0.4 is 9.47 Å². The lowest BCUT2D eigenvalue weighted by atomic mass is 10.3. The zero-order chi connectivity index (χ0) is 14.3. The van der Waals surface area contributed by atoms with Gasteiger partial charge >= 0.3 is 5.97 Å². The van der Waals surface area contributed by atoms with Gasteiger partial charge in [0.2, 0.25) is 0 Å². The third-order valence-electron chi connectivity index (χ3n) is 2.31. The van der Waals surface area contributed by atoms with Crippen molar-refractivity contribution in [2.75, 3.05) is 20.3 Å². The Kier molecular flexibility index (Phi) is 7.23. The zero-order valence-electron chi connectivity index (χ0n) is 10.9. The average Bonchev–Trinajstić information content (AvgIpc) is 2.39. The van der Waals surface area contributed by atoms with Gasteiger partial charge < -0.3 is 14.2 Å². The largest absolute Gasteiger partial charge is 0.496 e. The van der Waals surface area contributed by atoms with E-state index in [4.69, 9.17) is 14.2 Å². The molecule has 0 unspecified atom stereocenters. The van der Waals surface area contributed by atoms with E-state index in [1.54, 1.807) is 19.2 Å². The van der Waals surface area contributed by atoms with Gasteiger partial charge in [-0.3, -0.25) is 0 Å². The highest BCUT2D eigenvalue weighted by atomic mass is 79.9. The molecule has 1 aromatic rings. The van der Waals surface area contributed by atoms with Crippen molar-refractivity contribution < 1.29 is 19.0 Å². The lowest BCUT2D eigenvalue weighted by Crippen LogP contribution is -2.15. The van der Waals surface area contributed by atoms with Gasteiger partial charge in [0.05, 0.1) is 22.7 Å².